The largest absolute Gasteiger partial charge is 0.416 e. The lowest BCUT2D eigenvalue weighted by atomic mass is 10.1. The molecule has 0 unspecified atom stereocenters. The predicted molar refractivity (Wildman–Crippen MR) is 82.8 cm³/mol. The highest BCUT2D eigenvalue weighted by Crippen LogP contribution is 2.30. The summed E-state index contributed by atoms with van der Waals surface area (Å²) in [4.78, 5) is 4.37. The number of aromatic nitrogens is 3. The Hall–Kier alpha value is -2.28. The number of thioether (sulfide) groups is 1. The minimum atomic E-state index is -4.31. The van der Waals surface area contributed by atoms with Crippen molar-refractivity contribution in [2.75, 3.05) is 0 Å². The Morgan fingerprint density at radius 3 is 2.30 bits per heavy atom. The van der Waals surface area contributed by atoms with Crippen LogP contribution in [0, 0.1) is 0 Å². The van der Waals surface area contributed by atoms with Gasteiger partial charge in [0.05, 0.1) is 5.56 Å². The molecule has 0 saturated heterocycles. The van der Waals surface area contributed by atoms with Crippen molar-refractivity contribution < 1.29 is 13.2 Å². The summed E-state index contributed by atoms with van der Waals surface area (Å²) in [6.07, 6.45) is -4.31. The summed E-state index contributed by atoms with van der Waals surface area (Å²) in [5, 5.41) is 7.53. The summed E-state index contributed by atoms with van der Waals surface area (Å²) < 4.78 is 37.5. The third-order valence-corrected chi connectivity index (χ3v) is 4.08. The van der Waals surface area contributed by atoms with Crippen molar-refractivity contribution >= 4 is 11.8 Å². The quantitative estimate of drug-likeness (QED) is 0.698. The molecule has 0 radical (unpaired) electrons. The maximum Gasteiger partial charge on any atom is 0.416 e. The van der Waals surface area contributed by atoms with E-state index >= 15 is 0 Å². The zero-order chi connectivity index (χ0) is 16.3. The highest BCUT2D eigenvalue weighted by atomic mass is 32.2. The topological polar surface area (TPSA) is 41.6 Å². The van der Waals surface area contributed by atoms with Crippen molar-refractivity contribution in [3.05, 3.63) is 65.7 Å². The number of H-pyrrole nitrogens is 1. The fourth-order valence-corrected chi connectivity index (χ4v) is 2.73. The van der Waals surface area contributed by atoms with Gasteiger partial charge < -0.3 is 0 Å². The van der Waals surface area contributed by atoms with E-state index in [9.17, 15) is 13.2 Å². The molecule has 3 rings (SSSR count). The van der Waals surface area contributed by atoms with Gasteiger partial charge in [-0.05, 0) is 17.7 Å². The number of halogens is 3. The van der Waals surface area contributed by atoms with Crippen LogP contribution in [-0.2, 0) is 11.9 Å². The average Bonchev–Trinajstić information content (AvgIpc) is 3.02. The summed E-state index contributed by atoms with van der Waals surface area (Å²) in [5.74, 6) is 1.17. The highest BCUT2D eigenvalue weighted by Gasteiger charge is 2.29. The molecule has 0 fully saturated rings. The molecule has 3 aromatic rings. The van der Waals surface area contributed by atoms with Crippen LogP contribution < -0.4 is 0 Å². The second-order valence-corrected chi connectivity index (χ2v) is 5.76. The number of alkyl halides is 3. The minimum absolute atomic E-state index is 0.504. The van der Waals surface area contributed by atoms with E-state index in [1.165, 1.54) is 23.9 Å². The van der Waals surface area contributed by atoms with E-state index in [1.807, 2.05) is 30.3 Å². The van der Waals surface area contributed by atoms with Gasteiger partial charge >= 0.3 is 6.18 Å². The molecule has 0 spiro atoms. The van der Waals surface area contributed by atoms with Gasteiger partial charge in [-0.1, -0.05) is 54.2 Å². The van der Waals surface area contributed by atoms with Gasteiger partial charge in [0, 0.05) is 11.3 Å². The van der Waals surface area contributed by atoms with Crippen molar-refractivity contribution in [1.82, 2.24) is 15.2 Å². The second kappa shape index (κ2) is 6.45. The van der Waals surface area contributed by atoms with Crippen LogP contribution in [0.4, 0.5) is 13.2 Å². The van der Waals surface area contributed by atoms with Gasteiger partial charge in [0.25, 0.3) is 0 Å². The molecule has 2 aromatic carbocycles. The van der Waals surface area contributed by atoms with Crippen molar-refractivity contribution in [1.29, 1.82) is 0 Å². The Kier molecular flexibility index (Phi) is 4.38. The number of rotatable bonds is 4. The second-order valence-electron chi connectivity index (χ2n) is 4.82. The number of hydrogen-bond donors (Lipinski definition) is 1. The molecule has 0 aliphatic heterocycles. The van der Waals surface area contributed by atoms with Gasteiger partial charge in [-0.15, -0.1) is 5.10 Å². The monoisotopic (exact) mass is 335 g/mol. The van der Waals surface area contributed by atoms with Crippen LogP contribution in [-0.4, -0.2) is 15.2 Å². The molecule has 0 saturated carbocycles. The molecule has 23 heavy (non-hydrogen) atoms. The van der Waals surface area contributed by atoms with Crippen LogP contribution in [0.15, 0.2) is 59.8 Å². The van der Waals surface area contributed by atoms with Gasteiger partial charge in [0.2, 0.25) is 5.16 Å². The third-order valence-electron chi connectivity index (χ3n) is 3.16. The Bertz CT molecular complexity index is 767. The minimum Gasteiger partial charge on any atom is -0.258 e. The Labute approximate surface area is 135 Å². The fourth-order valence-electron chi connectivity index (χ4n) is 1.97. The number of nitrogens with zero attached hydrogens (tertiary/aromatic N) is 2. The molecule has 1 heterocycles. The zero-order valence-corrected chi connectivity index (χ0v) is 12.7. The Balaban J connectivity index is 1.64. The van der Waals surface area contributed by atoms with Crippen LogP contribution in [0.5, 0.6) is 0 Å². The first-order chi connectivity index (χ1) is 11.0. The number of hydrogen-bond acceptors (Lipinski definition) is 3. The molecule has 0 aliphatic rings. The van der Waals surface area contributed by atoms with Crippen LogP contribution in [0.25, 0.3) is 11.4 Å². The lowest BCUT2D eigenvalue weighted by molar-refractivity contribution is -0.137. The first-order valence-corrected chi connectivity index (χ1v) is 7.78. The van der Waals surface area contributed by atoms with Crippen LogP contribution in [0.1, 0.15) is 11.1 Å². The maximum absolute atomic E-state index is 12.5. The van der Waals surface area contributed by atoms with E-state index in [4.69, 9.17) is 0 Å². The van der Waals surface area contributed by atoms with E-state index in [0.717, 1.165) is 23.3 Å². The molecular weight excluding hydrogens is 323 g/mol. The van der Waals surface area contributed by atoms with Crippen LogP contribution in [0.3, 0.4) is 0 Å². The Morgan fingerprint density at radius 2 is 1.65 bits per heavy atom. The van der Waals surface area contributed by atoms with Gasteiger partial charge in [-0.3, -0.25) is 5.10 Å². The SMILES string of the molecule is FC(F)(F)c1ccc(CSc2n[nH]c(-c3ccccc3)n2)cc1. The van der Waals surface area contributed by atoms with E-state index in [2.05, 4.69) is 15.2 Å². The van der Waals surface area contributed by atoms with Crippen molar-refractivity contribution in [3.63, 3.8) is 0 Å². The van der Waals surface area contributed by atoms with Gasteiger partial charge in [0.15, 0.2) is 5.82 Å². The predicted octanol–water partition coefficient (Wildman–Crippen LogP) is 4.78. The molecule has 3 nitrogen and oxygen atoms in total. The Morgan fingerprint density at radius 1 is 0.957 bits per heavy atom. The first-order valence-electron chi connectivity index (χ1n) is 6.79. The van der Waals surface area contributed by atoms with Crippen LogP contribution >= 0.6 is 11.8 Å². The summed E-state index contributed by atoms with van der Waals surface area (Å²) in [7, 11) is 0. The number of benzene rings is 2. The summed E-state index contributed by atoms with van der Waals surface area (Å²) in [6.45, 7) is 0. The smallest absolute Gasteiger partial charge is 0.258 e. The van der Waals surface area contributed by atoms with E-state index in [-0.39, 0.29) is 0 Å². The first kappa shape index (κ1) is 15.6. The molecular formula is C16H12F3N3S. The maximum atomic E-state index is 12.5. The standard InChI is InChI=1S/C16H12F3N3S/c17-16(18,19)13-8-6-11(7-9-13)10-23-15-20-14(21-22-15)12-4-2-1-3-5-12/h1-9H,10H2,(H,20,21,22). The molecule has 0 amide bonds. The molecule has 0 atom stereocenters. The van der Waals surface area contributed by atoms with Gasteiger partial charge in [-0.2, -0.15) is 13.2 Å². The highest BCUT2D eigenvalue weighted by molar-refractivity contribution is 7.98. The van der Waals surface area contributed by atoms with Crippen molar-refractivity contribution in [2.45, 2.75) is 17.1 Å². The number of nitrogens with one attached hydrogen (secondary N) is 1. The summed E-state index contributed by atoms with van der Waals surface area (Å²) >= 11 is 1.37. The van der Waals surface area contributed by atoms with Crippen molar-refractivity contribution in [2.24, 2.45) is 0 Å². The molecule has 7 heteroatoms. The van der Waals surface area contributed by atoms with Gasteiger partial charge in [-0.25, -0.2) is 4.98 Å². The van der Waals surface area contributed by atoms with E-state index in [0.29, 0.717) is 16.7 Å². The van der Waals surface area contributed by atoms with E-state index in [1.54, 1.807) is 0 Å². The zero-order valence-electron chi connectivity index (χ0n) is 11.8. The average molecular weight is 335 g/mol. The normalized spacial score (nSPS) is 11.6. The molecule has 0 aliphatic carbocycles. The lowest BCUT2D eigenvalue weighted by Crippen LogP contribution is -2.04. The van der Waals surface area contributed by atoms with E-state index < -0.39 is 11.7 Å². The molecule has 1 aromatic heterocycles. The summed E-state index contributed by atoms with van der Waals surface area (Å²) in [5.41, 5.74) is 1.07. The lowest BCUT2D eigenvalue weighted by Gasteiger charge is -2.06. The van der Waals surface area contributed by atoms with Gasteiger partial charge in [0.1, 0.15) is 0 Å². The molecule has 118 valence electrons. The molecule has 1 N–H and O–H groups in total. The fraction of sp³-hybridized carbons (Fsp3) is 0.125. The van der Waals surface area contributed by atoms with Crippen LogP contribution in [0.2, 0.25) is 0 Å². The summed E-state index contributed by atoms with van der Waals surface area (Å²) in [6, 6.07) is 14.7. The number of aromatic amines is 1. The molecule has 0 bridgehead atoms. The van der Waals surface area contributed by atoms with Crippen molar-refractivity contribution in [3.8, 4) is 11.4 Å². The third kappa shape index (κ3) is 3.92.